The number of nitrogens with two attached hydrogens (primary N) is 1. The lowest BCUT2D eigenvalue weighted by molar-refractivity contribution is 0.358. The van der Waals surface area contributed by atoms with Crippen LogP contribution in [-0.2, 0) is 6.42 Å². The standard InChI is InChI=1S/C12H15N3O2/c1-8(13)12-14-11(15-17-12)7-9-3-5-10(16-2)6-4-9/h3-6,8H,7,13H2,1-2H3. The fraction of sp³-hybridized carbons (Fsp3) is 0.333. The Balaban J connectivity index is 2.08. The van der Waals surface area contributed by atoms with Gasteiger partial charge < -0.3 is 15.0 Å². The minimum absolute atomic E-state index is 0.230. The van der Waals surface area contributed by atoms with Crippen LogP contribution in [0.1, 0.15) is 30.2 Å². The summed E-state index contributed by atoms with van der Waals surface area (Å²) in [6.07, 6.45) is 0.625. The third-order valence-electron chi connectivity index (χ3n) is 2.39. The Morgan fingerprint density at radius 2 is 2.06 bits per heavy atom. The number of nitrogens with zero attached hydrogens (tertiary/aromatic N) is 2. The largest absolute Gasteiger partial charge is 0.497 e. The summed E-state index contributed by atoms with van der Waals surface area (Å²) in [6.45, 7) is 1.81. The monoisotopic (exact) mass is 233 g/mol. The highest BCUT2D eigenvalue weighted by molar-refractivity contribution is 5.28. The lowest BCUT2D eigenvalue weighted by atomic mass is 10.1. The average Bonchev–Trinajstić information content (AvgIpc) is 2.79. The lowest BCUT2D eigenvalue weighted by Gasteiger charge is -2.00. The molecule has 1 aromatic carbocycles. The van der Waals surface area contributed by atoms with Crippen LogP contribution in [0.25, 0.3) is 0 Å². The molecule has 0 fully saturated rings. The van der Waals surface area contributed by atoms with Crippen LogP contribution in [0.4, 0.5) is 0 Å². The molecule has 0 radical (unpaired) electrons. The highest BCUT2D eigenvalue weighted by atomic mass is 16.5. The van der Waals surface area contributed by atoms with Gasteiger partial charge in [-0.2, -0.15) is 4.98 Å². The normalized spacial score (nSPS) is 12.4. The average molecular weight is 233 g/mol. The molecule has 5 heteroatoms. The van der Waals surface area contributed by atoms with Crippen molar-refractivity contribution < 1.29 is 9.26 Å². The van der Waals surface area contributed by atoms with Crippen molar-refractivity contribution in [2.75, 3.05) is 7.11 Å². The number of hydrogen-bond acceptors (Lipinski definition) is 5. The summed E-state index contributed by atoms with van der Waals surface area (Å²) in [7, 11) is 1.64. The summed E-state index contributed by atoms with van der Waals surface area (Å²) in [6, 6.07) is 7.53. The van der Waals surface area contributed by atoms with Gasteiger partial charge in [0.05, 0.1) is 13.2 Å². The predicted molar refractivity (Wildman–Crippen MR) is 62.7 cm³/mol. The minimum atomic E-state index is -0.230. The maximum atomic E-state index is 5.65. The van der Waals surface area contributed by atoms with Crippen molar-refractivity contribution >= 4 is 0 Å². The van der Waals surface area contributed by atoms with Gasteiger partial charge in [-0.05, 0) is 24.6 Å². The molecule has 0 spiro atoms. The zero-order valence-corrected chi connectivity index (χ0v) is 9.88. The second-order valence-electron chi connectivity index (χ2n) is 3.86. The molecule has 5 nitrogen and oxygen atoms in total. The second kappa shape index (κ2) is 4.97. The molecular formula is C12H15N3O2. The van der Waals surface area contributed by atoms with E-state index >= 15 is 0 Å². The van der Waals surface area contributed by atoms with E-state index in [1.54, 1.807) is 7.11 Å². The Kier molecular flexibility index (Phi) is 3.39. The molecule has 2 aromatic rings. The van der Waals surface area contributed by atoms with Crippen molar-refractivity contribution in [3.05, 3.63) is 41.5 Å². The van der Waals surface area contributed by atoms with Crippen LogP contribution in [0.3, 0.4) is 0 Å². The summed E-state index contributed by atoms with van der Waals surface area (Å²) in [5.74, 6) is 1.94. The molecule has 0 saturated carbocycles. The summed E-state index contributed by atoms with van der Waals surface area (Å²) in [5.41, 5.74) is 6.75. The van der Waals surface area contributed by atoms with Crippen molar-refractivity contribution in [3.8, 4) is 5.75 Å². The van der Waals surface area contributed by atoms with Crippen LogP contribution in [-0.4, -0.2) is 17.3 Å². The van der Waals surface area contributed by atoms with Gasteiger partial charge in [0.25, 0.3) is 0 Å². The lowest BCUT2D eigenvalue weighted by Crippen LogP contribution is -2.05. The van der Waals surface area contributed by atoms with E-state index in [2.05, 4.69) is 10.1 Å². The van der Waals surface area contributed by atoms with Gasteiger partial charge in [0.1, 0.15) is 5.75 Å². The summed E-state index contributed by atoms with van der Waals surface area (Å²) >= 11 is 0. The minimum Gasteiger partial charge on any atom is -0.497 e. The van der Waals surface area contributed by atoms with Gasteiger partial charge in [0.2, 0.25) is 5.89 Å². The van der Waals surface area contributed by atoms with E-state index in [-0.39, 0.29) is 6.04 Å². The first-order valence-corrected chi connectivity index (χ1v) is 5.40. The van der Waals surface area contributed by atoms with Gasteiger partial charge in [0, 0.05) is 6.42 Å². The van der Waals surface area contributed by atoms with Gasteiger partial charge in [-0.25, -0.2) is 0 Å². The van der Waals surface area contributed by atoms with Crippen LogP contribution in [0.15, 0.2) is 28.8 Å². The smallest absolute Gasteiger partial charge is 0.243 e. The van der Waals surface area contributed by atoms with E-state index in [1.165, 1.54) is 0 Å². The number of methoxy groups -OCH3 is 1. The van der Waals surface area contributed by atoms with Crippen molar-refractivity contribution in [1.29, 1.82) is 0 Å². The van der Waals surface area contributed by atoms with Crippen LogP contribution < -0.4 is 10.5 Å². The van der Waals surface area contributed by atoms with E-state index in [0.717, 1.165) is 11.3 Å². The molecule has 0 aliphatic heterocycles. The molecule has 90 valence electrons. The molecule has 0 amide bonds. The Labute approximate surface area is 99.6 Å². The molecular weight excluding hydrogens is 218 g/mol. The highest BCUT2D eigenvalue weighted by Gasteiger charge is 2.10. The van der Waals surface area contributed by atoms with Crippen LogP contribution >= 0.6 is 0 Å². The van der Waals surface area contributed by atoms with Gasteiger partial charge in [0.15, 0.2) is 5.82 Å². The molecule has 1 unspecified atom stereocenters. The number of rotatable bonds is 4. The third-order valence-corrected chi connectivity index (χ3v) is 2.39. The van der Waals surface area contributed by atoms with Gasteiger partial charge in [-0.1, -0.05) is 17.3 Å². The van der Waals surface area contributed by atoms with Crippen LogP contribution in [0, 0.1) is 0 Å². The van der Waals surface area contributed by atoms with E-state index in [1.807, 2.05) is 31.2 Å². The Bertz CT molecular complexity index is 477. The topological polar surface area (TPSA) is 74.2 Å². The second-order valence-corrected chi connectivity index (χ2v) is 3.86. The molecule has 17 heavy (non-hydrogen) atoms. The zero-order chi connectivity index (χ0) is 12.3. The first-order chi connectivity index (χ1) is 8.19. The SMILES string of the molecule is COc1ccc(Cc2noc(C(C)N)n2)cc1. The van der Waals surface area contributed by atoms with Crippen LogP contribution in [0.5, 0.6) is 5.75 Å². The Hall–Kier alpha value is -1.88. The number of ether oxygens (including phenoxy) is 1. The molecule has 0 saturated heterocycles. The van der Waals surface area contributed by atoms with Crippen molar-refractivity contribution in [2.45, 2.75) is 19.4 Å². The first kappa shape index (κ1) is 11.6. The fourth-order valence-corrected chi connectivity index (χ4v) is 1.45. The molecule has 1 aromatic heterocycles. The molecule has 0 aliphatic carbocycles. The Morgan fingerprint density at radius 1 is 1.35 bits per heavy atom. The fourth-order valence-electron chi connectivity index (χ4n) is 1.45. The molecule has 1 atom stereocenters. The quantitative estimate of drug-likeness (QED) is 0.869. The van der Waals surface area contributed by atoms with Crippen molar-refractivity contribution in [1.82, 2.24) is 10.1 Å². The maximum absolute atomic E-state index is 5.65. The molecule has 2 rings (SSSR count). The Morgan fingerprint density at radius 3 is 2.59 bits per heavy atom. The van der Waals surface area contributed by atoms with Gasteiger partial charge >= 0.3 is 0 Å². The number of aromatic nitrogens is 2. The van der Waals surface area contributed by atoms with Crippen molar-refractivity contribution in [3.63, 3.8) is 0 Å². The summed E-state index contributed by atoms with van der Waals surface area (Å²) < 4.78 is 10.1. The zero-order valence-electron chi connectivity index (χ0n) is 9.88. The van der Waals surface area contributed by atoms with Crippen molar-refractivity contribution in [2.24, 2.45) is 5.73 Å². The molecule has 1 heterocycles. The number of hydrogen-bond donors (Lipinski definition) is 1. The summed E-state index contributed by atoms with van der Waals surface area (Å²) in [5, 5.41) is 3.88. The van der Waals surface area contributed by atoms with E-state index < -0.39 is 0 Å². The maximum Gasteiger partial charge on any atom is 0.243 e. The third kappa shape index (κ3) is 2.82. The predicted octanol–water partition coefficient (Wildman–Crippen LogP) is 1.69. The van der Waals surface area contributed by atoms with E-state index in [9.17, 15) is 0 Å². The van der Waals surface area contributed by atoms with Gasteiger partial charge in [-0.3, -0.25) is 0 Å². The summed E-state index contributed by atoms with van der Waals surface area (Å²) in [4.78, 5) is 4.21. The van der Waals surface area contributed by atoms with Crippen LogP contribution in [0.2, 0.25) is 0 Å². The number of benzene rings is 1. The molecule has 2 N–H and O–H groups in total. The molecule has 0 bridgehead atoms. The highest BCUT2D eigenvalue weighted by Crippen LogP contribution is 2.14. The van der Waals surface area contributed by atoms with E-state index in [0.29, 0.717) is 18.1 Å². The first-order valence-electron chi connectivity index (χ1n) is 5.40. The van der Waals surface area contributed by atoms with Gasteiger partial charge in [-0.15, -0.1) is 0 Å². The molecule has 0 aliphatic rings. The van der Waals surface area contributed by atoms with E-state index in [4.69, 9.17) is 15.0 Å².